The van der Waals surface area contributed by atoms with Crippen LogP contribution in [0.15, 0.2) is 30.5 Å². The van der Waals surface area contributed by atoms with Crippen LogP contribution in [0.4, 0.5) is 23.1 Å². The van der Waals surface area contributed by atoms with E-state index in [9.17, 15) is 9.59 Å². The quantitative estimate of drug-likeness (QED) is 0.521. The summed E-state index contributed by atoms with van der Waals surface area (Å²) in [7, 11) is 4.28. The van der Waals surface area contributed by atoms with E-state index < -0.39 is 0 Å². The van der Waals surface area contributed by atoms with Crippen molar-refractivity contribution in [3.05, 3.63) is 36.0 Å². The number of nitrogens with one attached hydrogen (secondary N) is 2. The third kappa shape index (κ3) is 5.31. The van der Waals surface area contributed by atoms with Gasteiger partial charge >= 0.3 is 0 Å². The minimum atomic E-state index is -0.103. The summed E-state index contributed by atoms with van der Waals surface area (Å²) in [4.78, 5) is 40.3. The summed E-state index contributed by atoms with van der Waals surface area (Å²) in [5.74, 6) is 1.04. The molecule has 1 saturated carbocycles. The van der Waals surface area contributed by atoms with Crippen LogP contribution in [0.25, 0.3) is 0 Å². The maximum Gasteiger partial charge on any atom is 0.229 e. The van der Waals surface area contributed by atoms with Gasteiger partial charge in [-0.3, -0.25) is 14.5 Å². The zero-order chi connectivity index (χ0) is 25.1. The molecule has 0 spiro atoms. The zero-order valence-corrected chi connectivity index (χ0v) is 21.3. The Kier molecular flexibility index (Phi) is 7.36. The van der Waals surface area contributed by atoms with Crippen molar-refractivity contribution in [1.29, 1.82) is 0 Å². The fourth-order valence-electron chi connectivity index (χ4n) is 5.70. The highest BCUT2D eigenvalue weighted by molar-refractivity contribution is 5.82. The predicted molar refractivity (Wildman–Crippen MR) is 142 cm³/mol. The van der Waals surface area contributed by atoms with Gasteiger partial charge in [-0.2, -0.15) is 4.98 Å². The number of aromatic nitrogens is 2. The van der Waals surface area contributed by atoms with Crippen LogP contribution >= 0.6 is 0 Å². The lowest BCUT2D eigenvalue weighted by atomic mass is 9.99. The van der Waals surface area contributed by atoms with Gasteiger partial charge in [0, 0.05) is 60.8 Å². The molecule has 1 aromatic heterocycles. The van der Waals surface area contributed by atoms with Gasteiger partial charge in [0.2, 0.25) is 18.3 Å². The molecule has 9 heteroatoms. The van der Waals surface area contributed by atoms with Gasteiger partial charge in [0.15, 0.2) is 0 Å². The molecule has 2 unspecified atom stereocenters. The van der Waals surface area contributed by atoms with Gasteiger partial charge in [-0.15, -0.1) is 0 Å². The Balaban J connectivity index is 1.34. The number of hydrogen-bond acceptors (Lipinski definition) is 7. The molecule has 3 aliphatic rings. The molecular weight excluding hydrogens is 454 g/mol. The monoisotopic (exact) mass is 491 g/mol. The summed E-state index contributed by atoms with van der Waals surface area (Å²) in [5, 5.41) is 6.22. The van der Waals surface area contributed by atoms with E-state index in [1.807, 2.05) is 12.1 Å². The molecule has 3 fully saturated rings. The first-order chi connectivity index (χ1) is 17.5. The predicted octanol–water partition coefficient (Wildman–Crippen LogP) is 2.94. The molecule has 1 aliphatic carbocycles. The maximum atomic E-state index is 12.2. The van der Waals surface area contributed by atoms with Crippen molar-refractivity contribution in [1.82, 2.24) is 20.2 Å². The first-order valence-corrected chi connectivity index (χ1v) is 13.2. The highest BCUT2D eigenvalue weighted by atomic mass is 16.2. The van der Waals surface area contributed by atoms with E-state index in [-0.39, 0.29) is 17.9 Å². The molecule has 9 nitrogen and oxygen atoms in total. The van der Waals surface area contributed by atoms with Crippen LogP contribution in [0.3, 0.4) is 0 Å². The van der Waals surface area contributed by atoms with Crippen molar-refractivity contribution < 1.29 is 9.59 Å². The molecular formula is C27H37N7O2. The van der Waals surface area contributed by atoms with Gasteiger partial charge in [-0.05, 0) is 70.5 Å². The van der Waals surface area contributed by atoms with Gasteiger partial charge in [0.25, 0.3) is 0 Å². The second-order valence-electron chi connectivity index (χ2n) is 10.5. The molecule has 2 atom stereocenters. The Bertz CT molecular complexity index is 1070. The van der Waals surface area contributed by atoms with Gasteiger partial charge in [-0.25, -0.2) is 4.98 Å². The molecule has 3 heterocycles. The van der Waals surface area contributed by atoms with Gasteiger partial charge < -0.3 is 20.4 Å². The Morgan fingerprint density at radius 1 is 1.11 bits per heavy atom. The normalized spacial score (nSPS) is 22.3. The molecule has 2 N–H and O–H groups in total. The number of amides is 2. The largest absolute Gasteiger partial charge is 0.370 e. The molecule has 2 aromatic rings. The van der Waals surface area contributed by atoms with E-state index in [4.69, 9.17) is 4.98 Å². The smallest absolute Gasteiger partial charge is 0.229 e. The van der Waals surface area contributed by atoms with Crippen molar-refractivity contribution >= 4 is 35.5 Å². The average Bonchev–Trinajstić information content (AvgIpc) is 3.65. The van der Waals surface area contributed by atoms with Crippen LogP contribution < -0.4 is 20.4 Å². The van der Waals surface area contributed by atoms with E-state index in [1.165, 1.54) is 12.1 Å². The Hall–Kier alpha value is -3.20. The summed E-state index contributed by atoms with van der Waals surface area (Å²) in [6.45, 7) is 2.79. The molecule has 0 radical (unpaired) electrons. The maximum absolute atomic E-state index is 12.2. The Labute approximate surface area is 213 Å². The summed E-state index contributed by atoms with van der Waals surface area (Å²) < 4.78 is 0. The van der Waals surface area contributed by atoms with Gasteiger partial charge in [0.1, 0.15) is 5.82 Å². The van der Waals surface area contributed by atoms with Gasteiger partial charge in [-0.1, -0.05) is 12.8 Å². The number of likely N-dealkylation sites (N-methyl/N-ethyl adjacent to an activating group) is 1. The molecule has 0 bridgehead atoms. The number of benzene rings is 1. The minimum absolute atomic E-state index is 0.0664. The van der Waals surface area contributed by atoms with Crippen molar-refractivity contribution in [3.63, 3.8) is 0 Å². The summed E-state index contributed by atoms with van der Waals surface area (Å²) in [6, 6.07) is 9.09. The second-order valence-corrected chi connectivity index (χ2v) is 10.5. The number of hydrogen-bond donors (Lipinski definition) is 2. The number of carbonyl (C=O) groups is 2. The summed E-state index contributed by atoms with van der Waals surface area (Å²) in [5.41, 5.74) is 2.96. The first kappa shape index (κ1) is 24.5. The highest BCUT2D eigenvalue weighted by Gasteiger charge is 2.30. The third-order valence-electron chi connectivity index (χ3n) is 7.93. The lowest BCUT2D eigenvalue weighted by Crippen LogP contribution is -2.34. The number of carbonyl (C=O) groups excluding carboxylic acids is 2. The average molecular weight is 492 g/mol. The Morgan fingerprint density at radius 2 is 1.89 bits per heavy atom. The first-order valence-electron chi connectivity index (χ1n) is 13.2. The SMILES string of the molecule is CN(C)C1CCN(c2ccc(Nc3ncc(CC4CCNC4=O)c(N(C=O)C4CCCC4)n3)cc2)C1. The summed E-state index contributed by atoms with van der Waals surface area (Å²) >= 11 is 0. The van der Waals surface area contributed by atoms with Crippen molar-refractivity contribution in [3.8, 4) is 0 Å². The lowest BCUT2D eigenvalue weighted by Gasteiger charge is -2.26. The molecule has 2 amide bonds. The van der Waals surface area contributed by atoms with Crippen LogP contribution in [-0.2, 0) is 16.0 Å². The van der Waals surface area contributed by atoms with Crippen molar-refractivity contribution in [2.45, 2.75) is 57.0 Å². The topological polar surface area (TPSA) is 93.7 Å². The standard InChI is InChI=1S/C27H37N7O2/c1-32(2)24-12-14-33(17-24)22-9-7-21(8-10-22)30-27-29-16-20(15-19-11-13-28-26(19)36)25(31-27)34(18-35)23-5-3-4-6-23/h7-10,16,18-19,23-24H,3-6,11-15,17H2,1-2H3,(H,28,36)(H,29,30,31). The zero-order valence-electron chi connectivity index (χ0n) is 21.3. The van der Waals surface area contributed by atoms with Crippen molar-refractivity contribution in [2.24, 2.45) is 5.92 Å². The van der Waals surface area contributed by atoms with Crippen LogP contribution in [0, 0.1) is 5.92 Å². The molecule has 2 saturated heterocycles. The van der Waals surface area contributed by atoms with Crippen LogP contribution in [0.5, 0.6) is 0 Å². The van der Waals surface area contributed by atoms with Gasteiger partial charge in [0.05, 0.1) is 0 Å². The van der Waals surface area contributed by atoms with Crippen LogP contribution in [0.1, 0.15) is 44.1 Å². The number of nitrogens with zero attached hydrogens (tertiary/aromatic N) is 5. The lowest BCUT2D eigenvalue weighted by molar-refractivity contribution is -0.122. The van der Waals surface area contributed by atoms with E-state index in [1.54, 1.807) is 11.1 Å². The van der Waals surface area contributed by atoms with E-state index in [0.717, 1.165) is 62.9 Å². The number of rotatable bonds is 9. The molecule has 192 valence electrons. The fraction of sp³-hybridized carbons (Fsp3) is 0.556. The molecule has 36 heavy (non-hydrogen) atoms. The Morgan fingerprint density at radius 3 is 2.53 bits per heavy atom. The third-order valence-corrected chi connectivity index (χ3v) is 7.93. The molecule has 5 rings (SSSR count). The van der Waals surface area contributed by atoms with E-state index in [2.05, 4.69) is 51.6 Å². The number of anilines is 4. The van der Waals surface area contributed by atoms with Crippen LogP contribution in [-0.4, -0.2) is 73.0 Å². The summed E-state index contributed by atoms with van der Waals surface area (Å²) in [6.07, 6.45) is 9.36. The van der Waals surface area contributed by atoms with E-state index in [0.29, 0.717) is 30.8 Å². The fourth-order valence-corrected chi connectivity index (χ4v) is 5.70. The van der Waals surface area contributed by atoms with Crippen molar-refractivity contribution in [2.75, 3.05) is 48.8 Å². The molecule has 1 aromatic carbocycles. The minimum Gasteiger partial charge on any atom is -0.370 e. The van der Waals surface area contributed by atoms with Crippen LogP contribution in [0.2, 0.25) is 0 Å². The van der Waals surface area contributed by atoms with E-state index >= 15 is 0 Å². The second kappa shape index (κ2) is 10.8. The molecule has 2 aliphatic heterocycles. The highest BCUT2D eigenvalue weighted by Crippen LogP contribution is 2.31.